The third-order valence-electron chi connectivity index (χ3n) is 5.83. The molecule has 2 N–H and O–H groups in total. The first-order valence-corrected chi connectivity index (χ1v) is 8.38. The van der Waals surface area contributed by atoms with E-state index >= 15 is 0 Å². The number of nitrogens with one attached hydrogen (secondary N) is 2. The molecule has 19 heavy (non-hydrogen) atoms. The molecule has 1 saturated carbocycles. The number of piperidine rings is 1. The molecule has 5 atom stereocenters. The zero-order valence-corrected chi connectivity index (χ0v) is 12.9. The van der Waals surface area contributed by atoms with E-state index < -0.39 is 0 Å². The second-order valence-corrected chi connectivity index (χ2v) is 7.36. The number of nitrogens with zero attached hydrogens (tertiary/aromatic N) is 1. The molecule has 0 spiro atoms. The molecule has 3 heteroatoms. The first-order valence-electron chi connectivity index (χ1n) is 8.38. The number of fused-ring (bicyclic) bond motifs is 1. The van der Waals surface area contributed by atoms with Gasteiger partial charge in [0.05, 0.1) is 12.3 Å². The van der Waals surface area contributed by atoms with Crippen LogP contribution in [-0.4, -0.2) is 36.9 Å². The lowest BCUT2D eigenvalue weighted by Crippen LogP contribution is -2.50. The molecule has 3 rings (SSSR count). The molecule has 2 aliphatic heterocycles. The summed E-state index contributed by atoms with van der Waals surface area (Å²) in [5, 5.41) is 7.63. The van der Waals surface area contributed by atoms with Crippen LogP contribution in [0, 0.1) is 17.8 Å². The maximum atomic E-state index is 3.94. The van der Waals surface area contributed by atoms with E-state index in [4.69, 9.17) is 0 Å². The number of hydrogen-bond acceptors (Lipinski definition) is 3. The summed E-state index contributed by atoms with van der Waals surface area (Å²) in [5.41, 5.74) is 0. The molecule has 2 heterocycles. The molecule has 3 nitrogen and oxygen atoms in total. The van der Waals surface area contributed by atoms with Crippen molar-refractivity contribution in [3.8, 4) is 0 Å². The van der Waals surface area contributed by atoms with Gasteiger partial charge in [-0.25, -0.2) is 0 Å². The number of likely N-dealkylation sites (N-methyl/N-ethyl adjacent to an activating group) is 1. The zero-order chi connectivity index (χ0) is 13.4. The van der Waals surface area contributed by atoms with Crippen LogP contribution in [0.2, 0.25) is 0 Å². The van der Waals surface area contributed by atoms with Gasteiger partial charge in [-0.2, -0.15) is 0 Å². The van der Waals surface area contributed by atoms with Crippen molar-refractivity contribution in [2.45, 2.75) is 70.7 Å². The van der Waals surface area contributed by atoms with Crippen LogP contribution in [0.15, 0.2) is 0 Å². The van der Waals surface area contributed by atoms with Crippen LogP contribution in [0.3, 0.4) is 0 Å². The van der Waals surface area contributed by atoms with Crippen molar-refractivity contribution in [1.82, 2.24) is 15.5 Å². The largest absolute Gasteiger partial charge is 0.300 e. The van der Waals surface area contributed by atoms with Gasteiger partial charge in [0.1, 0.15) is 0 Å². The Hall–Kier alpha value is -0.120. The van der Waals surface area contributed by atoms with Gasteiger partial charge in [-0.3, -0.25) is 10.2 Å². The van der Waals surface area contributed by atoms with Gasteiger partial charge in [-0.05, 0) is 57.0 Å². The van der Waals surface area contributed by atoms with Gasteiger partial charge in [-0.15, -0.1) is 0 Å². The van der Waals surface area contributed by atoms with Crippen molar-refractivity contribution in [2.24, 2.45) is 17.8 Å². The average molecular weight is 265 g/mol. The van der Waals surface area contributed by atoms with E-state index in [1.807, 2.05) is 0 Å². The van der Waals surface area contributed by atoms with Crippen molar-refractivity contribution < 1.29 is 0 Å². The highest BCUT2D eigenvalue weighted by Crippen LogP contribution is 2.38. The van der Waals surface area contributed by atoms with E-state index in [2.05, 4.69) is 36.4 Å². The fourth-order valence-corrected chi connectivity index (χ4v) is 4.61. The molecule has 1 aliphatic carbocycles. The second kappa shape index (κ2) is 5.71. The Bertz CT molecular complexity index is 304. The highest BCUT2D eigenvalue weighted by atomic mass is 15.4. The molecular weight excluding hydrogens is 234 g/mol. The van der Waals surface area contributed by atoms with Gasteiger partial charge in [0.15, 0.2) is 0 Å². The highest BCUT2D eigenvalue weighted by Gasteiger charge is 2.43. The van der Waals surface area contributed by atoms with E-state index in [1.54, 1.807) is 0 Å². The normalized spacial score (nSPS) is 44.5. The van der Waals surface area contributed by atoms with E-state index in [9.17, 15) is 0 Å². The summed E-state index contributed by atoms with van der Waals surface area (Å²) >= 11 is 0. The summed E-state index contributed by atoms with van der Waals surface area (Å²) in [6.07, 6.45) is 9.61. The summed E-state index contributed by atoms with van der Waals surface area (Å²) in [7, 11) is 2.32. The monoisotopic (exact) mass is 265 g/mol. The van der Waals surface area contributed by atoms with E-state index in [1.165, 1.54) is 45.1 Å². The van der Waals surface area contributed by atoms with Crippen LogP contribution in [0.1, 0.15) is 52.4 Å². The quantitative estimate of drug-likeness (QED) is 0.803. The standard InChI is InChI=1S/C16H31N3/c1-11(2)12-6-4-7-13(10-12)15-18-14-8-5-9-17-16(14)19(15)3/h11-18H,4-10H2,1-3H3. The van der Waals surface area contributed by atoms with Gasteiger partial charge < -0.3 is 5.32 Å². The van der Waals surface area contributed by atoms with E-state index in [0.717, 1.165) is 17.8 Å². The molecule has 5 unspecified atom stereocenters. The number of rotatable bonds is 2. The highest BCUT2D eigenvalue weighted by molar-refractivity contribution is 4.98. The van der Waals surface area contributed by atoms with Gasteiger partial charge >= 0.3 is 0 Å². The molecule has 0 aromatic carbocycles. The van der Waals surface area contributed by atoms with Gasteiger partial charge in [0.2, 0.25) is 0 Å². The first-order chi connectivity index (χ1) is 9.16. The molecule has 3 aliphatic rings. The van der Waals surface area contributed by atoms with Crippen LogP contribution in [0.5, 0.6) is 0 Å². The van der Waals surface area contributed by atoms with Crippen molar-refractivity contribution in [2.75, 3.05) is 13.6 Å². The van der Waals surface area contributed by atoms with Crippen LogP contribution in [0.25, 0.3) is 0 Å². The fourth-order valence-electron chi connectivity index (χ4n) is 4.61. The van der Waals surface area contributed by atoms with Crippen molar-refractivity contribution in [1.29, 1.82) is 0 Å². The maximum absolute atomic E-state index is 3.94. The Balaban J connectivity index is 1.65. The molecule has 0 radical (unpaired) electrons. The molecule has 3 fully saturated rings. The number of hydrogen-bond donors (Lipinski definition) is 2. The Morgan fingerprint density at radius 2 is 1.89 bits per heavy atom. The zero-order valence-electron chi connectivity index (χ0n) is 12.9. The first kappa shape index (κ1) is 13.8. The molecular formula is C16H31N3. The summed E-state index contributed by atoms with van der Waals surface area (Å²) in [4.78, 5) is 2.59. The predicted molar refractivity (Wildman–Crippen MR) is 79.8 cm³/mol. The fraction of sp³-hybridized carbons (Fsp3) is 1.00. The summed E-state index contributed by atoms with van der Waals surface area (Å²) in [5.74, 6) is 2.66. The van der Waals surface area contributed by atoms with E-state index in [0.29, 0.717) is 18.4 Å². The molecule has 0 amide bonds. The Labute approximate surface area is 118 Å². The Kier molecular flexibility index (Phi) is 4.16. The summed E-state index contributed by atoms with van der Waals surface area (Å²) < 4.78 is 0. The minimum atomic E-state index is 0.582. The van der Waals surface area contributed by atoms with Crippen molar-refractivity contribution in [3.63, 3.8) is 0 Å². The third-order valence-corrected chi connectivity index (χ3v) is 5.83. The summed E-state index contributed by atoms with van der Waals surface area (Å²) in [6, 6.07) is 0.683. The van der Waals surface area contributed by atoms with Gasteiger partial charge in [0.25, 0.3) is 0 Å². The third kappa shape index (κ3) is 2.70. The lowest BCUT2D eigenvalue weighted by atomic mass is 9.75. The Morgan fingerprint density at radius 1 is 1.05 bits per heavy atom. The topological polar surface area (TPSA) is 27.3 Å². The average Bonchev–Trinajstić information content (AvgIpc) is 2.77. The van der Waals surface area contributed by atoms with Crippen LogP contribution < -0.4 is 10.6 Å². The maximum Gasteiger partial charge on any atom is 0.0765 e. The van der Waals surface area contributed by atoms with Gasteiger partial charge in [0, 0.05) is 6.04 Å². The predicted octanol–water partition coefficient (Wildman–Crippen LogP) is 2.39. The van der Waals surface area contributed by atoms with Gasteiger partial charge in [-0.1, -0.05) is 26.7 Å². The van der Waals surface area contributed by atoms with Crippen LogP contribution in [0.4, 0.5) is 0 Å². The second-order valence-electron chi connectivity index (χ2n) is 7.36. The van der Waals surface area contributed by atoms with Crippen LogP contribution >= 0.6 is 0 Å². The summed E-state index contributed by atoms with van der Waals surface area (Å²) in [6.45, 7) is 6.00. The lowest BCUT2D eigenvalue weighted by Gasteiger charge is -2.38. The molecule has 110 valence electrons. The molecule has 0 bridgehead atoms. The van der Waals surface area contributed by atoms with Crippen molar-refractivity contribution in [3.05, 3.63) is 0 Å². The smallest absolute Gasteiger partial charge is 0.0765 e. The molecule has 0 aromatic rings. The lowest BCUT2D eigenvalue weighted by molar-refractivity contribution is 0.0979. The SMILES string of the molecule is CC(C)C1CCCC(C2NC3CCCNC3N2C)C1. The minimum absolute atomic E-state index is 0.582. The Morgan fingerprint density at radius 3 is 2.63 bits per heavy atom. The molecule has 2 saturated heterocycles. The molecule has 0 aromatic heterocycles. The van der Waals surface area contributed by atoms with E-state index in [-0.39, 0.29) is 0 Å². The minimum Gasteiger partial charge on any atom is -0.300 e. The van der Waals surface area contributed by atoms with Crippen LogP contribution in [-0.2, 0) is 0 Å². The van der Waals surface area contributed by atoms with Crippen molar-refractivity contribution >= 4 is 0 Å².